The lowest BCUT2D eigenvalue weighted by Gasteiger charge is -2.13. The number of hydrogen-bond donors (Lipinski definition) is 0. The van der Waals surface area contributed by atoms with Crippen LogP contribution in [-0.4, -0.2) is 73.5 Å². The second-order valence-corrected chi connectivity index (χ2v) is 35.0. The van der Waals surface area contributed by atoms with Crippen molar-refractivity contribution in [3.63, 3.8) is 0 Å². The standard InChI is InChI=1S/C47H30N4O.C40H25N5O.C39H24N6O/c1-3-10-33(11-4-1)44-39-18-19-43-45(47(39)52-46(44)34-12-5-2-6-13-34)38-16-7-8-17-42(38)51(43)37-15-9-14-35(28-37)41-30-36(31-20-24-48-25-21-31)29-40(50-41)32-22-26-49-27-23-32;1-3-9-27(10-4-1)36-31-15-16-34-37(39(31)46-38(36)28-11-5-2-6-12-28)30-13-7-8-14-33(30)45(34)35-25-32(26-17-21-41-22-18-26)43-40(44-35)29-19-23-42-24-20-29;1-3-9-25(10-4-1)33-30-15-16-32-34(36(30)46-35(33)26-11-5-2-6-12-26)29-13-7-8-14-31(29)45(32)39-43-37(27-17-21-40-22-18-27)42-38(44-39)28-19-23-41-24-20-28/h1-30H;1-25H;1-24H. The highest BCUT2D eigenvalue weighted by atomic mass is 16.3. The molecule has 0 saturated carbocycles. The first-order valence-corrected chi connectivity index (χ1v) is 47.5. The van der Waals surface area contributed by atoms with Crippen LogP contribution in [0.3, 0.4) is 0 Å². The molecule has 0 fully saturated rings. The minimum Gasteiger partial charge on any atom is -0.455 e. The monoisotopic (exact) mass is 1850 g/mol. The van der Waals surface area contributed by atoms with Gasteiger partial charge in [-0.15, -0.1) is 0 Å². The number of para-hydroxylation sites is 3. The fourth-order valence-electron chi connectivity index (χ4n) is 20.1. The first-order valence-electron chi connectivity index (χ1n) is 47.5. The number of aromatic nitrogens is 15. The zero-order valence-electron chi connectivity index (χ0n) is 77.0. The van der Waals surface area contributed by atoms with Gasteiger partial charge in [-0.2, -0.15) is 9.97 Å². The molecule has 0 radical (unpaired) electrons. The van der Waals surface area contributed by atoms with Crippen LogP contribution in [-0.2, 0) is 0 Å². The summed E-state index contributed by atoms with van der Waals surface area (Å²) in [7, 11) is 0. The van der Waals surface area contributed by atoms with Crippen LogP contribution in [0.2, 0.25) is 0 Å². The highest BCUT2D eigenvalue weighted by Crippen LogP contribution is 2.51. The molecule has 28 aromatic rings. The van der Waals surface area contributed by atoms with Crippen molar-refractivity contribution in [2.24, 2.45) is 0 Å². The summed E-state index contributed by atoms with van der Waals surface area (Å²) in [6.45, 7) is 0. The van der Waals surface area contributed by atoms with E-state index in [4.69, 9.17) is 43.2 Å². The van der Waals surface area contributed by atoms with E-state index >= 15 is 0 Å². The van der Waals surface area contributed by atoms with E-state index in [-0.39, 0.29) is 0 Å². The molecular formula is C126H79N15O3. The molecule has 18 heteroatoms. The fourth-order valence-corrected chi connectivity index (χ4v) is 20.1. The topological polar surface area (TPSA) is 209 Å². The molecule has 0 aliphatic heterocycles. The Kier molecular flexibility index (Phi) is 21.4. The Morgan fingerprint density at radius 1 is 0.174 bits per heavy atom. The lowest BCUT2D eigenvalue weighted by Crippen LogP contribution is -2.06. The van der Waals surface area contributed by atoms with E-state index in [9.17, 15) is 0 Å². The van der Waals surface area contributed by atoms with Crippen LogP contribution in [0.25, 0.3) is 262 Å². The predicted molar refractivity (Wildman–Crippen MR) is 576 cm³/mol. The molecule has 676 valence electrons. The first kappa shape index (κ1) is 84.5. The van der Waals surface area contributed by atoms with Crippen molar-refractivity contribution in [2.75, 3.05) is 0 Å². The van der Waals surface area contributed by atoms with Gasteiger partial charge in [0.2, 0.25) is 5.95 Å². The second-order valence-electron chi connectivity index (χ2n) is 35.0. The van der Waals surface area contributed by atoms with Gasteiger partial charge in [-0.1, -0.05) is 249 Å². The largest absolute Gasteiger partial charge is 0.455 e. The number of rotatable bonds is 16. The van der Waals surface area contributed by atoms with Gasteiger partial charge in [0.25, 0.3) is 0 Å². The average Bonchev–Trinajstić information content (AvgIpc) is 1.56. The van der Waals surface area contributed by atoms with Crippen molar-refractivity contribution < 1.29 is 13.3 Å². The third-order valence-electron chi connectivity index (χ3n) is 26.5. The summed E-state index contributed by atoms with van der Waals surface area (Å²) in [4.78, 5) is 55.5. The predicted octanol–water partition coefficient (Wildman–Crippen LogP) is 31.0. The second kappa shape index (κ2) is 36.5. The fraction of sp³-hybridized carbons (Fsp3) is 0. The lowest BCUT2D eigenvalue weighted by atomic mass is 9.98. The molecule has 0 bridgehead atoms. The van der Waals surface area contributed by atoms with Gasteiger partial charge in [0.05, 0.1) is 66.3 Å². The Hall–Kier alpha value is -20.0. The summed E-state index contributed by atoms with van der Waals surface area (Å²) in [6.07, 6.45) is 21.3. The third-order valence-corrected chi connectivity index (χ3v) is 26.5. The maximum atomic E-state index is 6.98. The summed E-state index contributed by atoms with van der Waals surface area (Å²) in [6, 6.07) is 139. The van der Waals surface area contributed by atoms with Crippen molar-refractivity contribution in [2.45, 2.75) is 0 Å². The molecule has 144 heavy (non-hydrogen) atoms. The highest BCUT2D eigenvalue weighted by Gasteiger charge is 2.30. The number of nitrogens with zero attached hydrogens (tertiary/aromatic N) is 15. The van der Waals surface area contributed by atoms with Crippen molar-refractivity contribution in [3.05, 3.63) is 481 Å². The van der Waals surface area contributed by atoms with E-state index in [1.54, 1.807) is 62.0 Å². The Bertz CT molecular complexity index is 9130. The lowest BCUT2D eigenvalue weighted by molar-refractivity contribution is 0.635. The van der Waals surface area contributed by atoms with Gasteiger partial charge < -0.3 is 17.8 Å². The summed E-state index contributed by atoms with van der Waals surface area (Å²) < 4.78 is 27.5. The molecule has 0 aliphatic carbocycles. The molecule has 0 unspecified atom stereocenters. The van der Waals surface area contributed by atoms with Crippen LogP contribution in [0.15, 0.2) is 494 Å². The number of furan rings is 3. The van der Waals surface area contributed by atoms with E-state index in [0.29, 0.717) is 23.4 Å². The van der Waals surface area contributed by atoms with Gasteiger partial charge >= 0.3 is 0 Å². The summed E-state index contributed by atoms with van der Waals surface area (Å²) in [5.41, 5.74) is 29.8. The zero-order valence-corrected chi connectivity index (χ0v) is 77.0. The molecule has 0 amide bonds. The SMILES string of the molecule is c1ccc(-c2oc3c(ccc4c3c3ccccc3n4-c3cc(-c4ccncc4)nc(-c4ccncc4)n3)c2-c2ccccc2)cc1.c1ccc(-c2oc3c(ccc4c3c3ccccc3n4-c3cccc(-c4cc(-c5ccncc5)cc(-c5ccncc5)n4)c3)c2-c2ccccc2)cc1.c1ccc(-c2oc3c(ccc4c3c3ccccc3n4-c3nc(-c4ccncc4)nc(-c4ccncc4)n3)c2-c2ccccc2)cc1. The number of hydrogen-bond acceptors (Lipinski definition) is 15. The van der Waals surface area contributed by atoms with Gasteiger partial charge in [0, 0.05) is 185 Å². The van der Waals surface area contributed by atoms with E-state index in [0.717, 1.165) is 239 Å². The normalized spacial score (nSPS) is 11.5. The number of pyridine rings is 7. The van der Waals surface area contributed by atoms with Crippen molar-refractivity contribution in [1.29, 1.82) is 0 Å². The van der Waals surface area contributed by atoms with E-state index in [1.807, 2.05) is 140 Å². The van der Waals surface area contributed by atoms with Crippen LogP contribution in [0.4, 0.5) is 0 Å². The smallest absolute Gasteiger partial charge is 0.238 e. The van der Waals surface area contributed by atoms with Crippen LogP contribution in [0.1, 0.15) is 0 Å². The minimum atomic E-state index is 0.511. The van der Waals surface area contributed by atoms with Gasteiger partial charge in [-0.3, -0.25) is 39.0 Å². The van der Waals surface area contributed by atoms with Crippen LogP contribution >= 0.6 is 0 Å². The average molecular weight is 1850 g/mol. The Morgan fingerprint density at radius 2 is 0.479 bits per heavy atom. The Morgan fingerprint density at radius 3 is 0.875 bits per heavy atom. The summed E-state index contributed by atoms with van der Waals surface area (Å²) in [5.74, 6) is 5.57. The van der Waals surface area contributed by atoms with E-state index < -0.39 is 0 Å². The number of fused-ring (bicyclic) bond motifs is 15. The molecule has 15 heterocycles. The zero-order chi connectivity index (χ0) is 95.3. The molecule has 0 aliphatic rings. The van der Waals surface area contributed by atoms with E-state index in [1.165, 1.54) is 0 Å². The summed E-state index contributed by atoms with van der Waals surface area (Å²) >= 11 is 0. The van der Waals surface area contributed by atoms with Gasteiger partial charge in [-0.05, 0) is 179 Å². The third kappa shape index (κ3) is 15.3. The van der Waals surface area contributed by atoms with E-state index in [2.05, 4.69) is 323 Å². The van der Waals surface area contributed by atoms with Gasteiger partial charge in [0.15, 0.2) is 17.5 Å². The molecule has 0 saturated heterocycles. The van der Waals surface area contributed by atoms with Gasteiger partial charge in [-0.25, -0.2) is 19.9 Å². The van der Waals surface area contributed by atoms with Crippen LogP contribution in [0.5, 0.6) is 0 Å². The van der Waals surface area contributed by atoms with Crippen LogP contribution < -0.4 is 0 Å². The molecule has 0 N–H and O–H groups in total. The molecule has 28 rings (SSSR count). The number of benzene rings is 13. The van der Waals surface area contributed by atoms with Gasteiger partial charge in [0.1, 0.15) is 39.8 Å². The summed E-state index contributed by atoms with van der Waals surface area (Å²) in [5, 5.41) is 9.62. The molecular weight excluding hydrogens is 1770 g/mol. The van der Waals surface area contributed by atoms with Crippen molar-refractivity contribution in [3.8, 4) is 164 Å². The van der Waals surface area contributed by atoms with Crippen molar-refractivity contribution in [1.82, 2.24) is 73.5 Å². The highest BCUT2D eigenvalue weighted by molar-refractivity contribution is 6.26. The quantitative estimate of drug-likeness (QED) is 0.0881. The Labute approximate surface area is 824 Å². The molecule has 0 atom stereocenters. The first-order chi connectivity index (χ1) is 71.5. The molecule has 18 nitrogen and oxygen atoms in total. The molecule has 13 aromatic carbocycles. The Balaban J connectivity index is 0.000000110. The van der Waals surface area contributed by atoms with Crippen LogP contribution in [0, 0.1) is 0 Å². The molecule has 15 aromatic heterocycles. The van der Waals surface area contributed by atoms with Crippen molar-refractivity contribution >= 4 is 98.3 Å². The minimum absolute atomic E-state index is 0.511. The maximum absolute atomic E-state index is 6.98. The molecule has 0 spiro atoms. The maximum Gasteiger partial charge on any atom is 0.238 e.